The van der Waals surface area contributed by atoms with E-state index >= 15 is 0 Å². The van der Waals surface area contributed by atoms with E-state index < -0.39 is 5.97 Å². The second-order valence-corrected chi connectivity index (χ2v) is 5.81. The third-order valence-corrected chi connectivity index (χ3v) is 3.77. The average Bonchev–Trinajstić information content (AvgIpc) is 2.69. The summed E-state index contributed by atoms with van der Waals surface area (Å²) in [5.74, 6) is -0.340. The maximum absolute atomic E-state index is 12.4. The van der Waals surface area contributed by atoms with Crippen LogP contribution in [0.4, 0.5) is 17.2 Å². The minimum Gasteiger partial charge on any atom is -0.465 e. The Labute approximate surface area is 156 Å². The number of benzene rings is 2. The third kappa shape index (κ3) is 4.66. The van der Waals surface area contributed by atoms with Gasteiger partial charge in [-0.2, -0.15) is 0 Å². The van der Waals surface area contributed by atoms with Crippen LogP contribution in [0.15, 0.2) is 60.9 Å². The number of nitrogens with one attached hydrogen (secondary N) is 2. The van der Waals surface area contributed by atoms with Gasteiger partial charge in [-0.05, 0) is 37.3 Å². The fourth-order valence-corrected chi connectivity index (χ4v) is 2.37. The fourth-order valence-electron chi connectivity index (χ4n) is 2.37. The van der Waals surface area contributed by atoms with E-state index in [1.165, 1.54) is 19.5 Å². The van der Waals surface area contributed by atoms with Gasteiger partial charge in [-0.15, -0.1) is 0 Å². The molecule has 3 aromatic rings. The third-order valence-electron chi connectivity index (χ3n) is 3.77. The van der Waals surface area contributed by atoms with Crippen LogP contribution < -0.4 is 10.6 Å². The van der Waals surface area contributed by atoms with Gasteiger partial charge in [-0.3, -0.25) is 4.79 Å². The molecule has 136 valence electrons. The molecular weight excluding hydrogens is 344 g/mol. The fraction of sp³-hybridized carbons (Fsp3) is 0.100. The first-order valence-electron chi connectivity index (χ1n) is 8.20. The van der Waals surface area contributed by atoms with Gasteiger partial charge in [0.05, 0.1) is 12.7 Å². The number of anilines is 3. The van der Waals surface area contributed by atoms with E-state index in [2.05, 4.69) is 20.6 Å². The van der Waals surface area contributed by atoms with Gasteiger partial charge in [0.15, 0.2) is 0 Å². The molecule has 2 aromatic carbocycles. The number of amides is 1. The number of carbonyl (C=O) groups excluding carboxylic acids is 2. The lowest BCUT2D eigenvalue weighted by Gasteiger charge is -2.09. The molecule has 0 unspecified atom stereocenters. The molecule has 0 saturated carbocycles. The zero-order valence-electron chi connectivity index (χ0n) is 14.9. The molecule has 1 heterocycles. The Hall–Kier alpha value is -3.74. The lowest BCUT2D eigenvalue weighted by atomic mass is 10.2. The van der Waals surface area contributed by atoms with Crippen molar-refractivity contribution in [2.75, 3.05) is 17.7 Å². The predicted molar refractivity (Wildman–Crippen MR) is 102 cm³/mol. The number of hydrogen-bond donors (Lipinski definition) is 2. The number of carbonyl (C=O) groups is 2. The van der Waals surface area contributed by atoms with E-state index in [0.29, 0.717) is 22.8 Å². The van der Waals surface area contributed by atoms with Crippen molar-refractivity contribution < 1.29 is 14.3 Å². The van der Waals surface area contributed by atoms with Crippen LogP contribution in [0, 0.1) is 6.92 Å². The van der Waals surface area contributed by atoms with Gasteiger partial charge in [-0.25, -0.2) is 14.8 Å². The Morgan fingerprint density at radius 1 is 0.963 bits per heavy atom. The summed E-state index contributed by atoms with van der Waals surface area (Å²) in [7, 11) is 1.33. The Balaban J connectivity index is 1.74. The number of hydrogen-bond acceptors (Lipinski definition) is 6. The lowest BCUT2D eigenvalue weighted by Crippen LogP contribution is -2.14. The van der Waals surface area contributed by atoms with Crippen LogP contribution in [-0.4, -0.2) is 29.0 Å². The molecule has 0 aliphatic carbocycles. The van der Waals surface area contributed by atoms with Crippen molar-refractivity contribution in [2.24, 2.45) is 0 Å². The summed E-state index contributed by atoms with van der Waals surface area (Å²) in [5, 5.41) is 5.84. The first-order chi connectivity index (χ1) is 13.0. The van der Waals surface area contributed by atoms with E-state index in [4.69, 9.17) is 4.74 Å². The molecule has 0 spiro atoms. The van der Waals surface area contributed by atoms with Crippen LogP contribution in [0.5, 0.6) is 0 Å². The molecule has 7 nitrogen and oxygen atoms in total. The minimum atomic E-state index is -0.431. The van der Waals surface area contributed by atoms with Gasteiger partial charge in [-0.1, -0.05) is 23.8 Å². The quantitative estimate of drug-likeness (QED) is 0.674. The van der Waals surface area contributed by atoms with Gasteiger partial charge in [0.2, 0.25) is 0 Å². The van der Waals surface area contributed by atoms with Gasteiger partial charge >= 0.3 is 5.97 Å². The normalized spacial score (nSPS) is 10.1. The van der Waals surface area contributed by atoms with Crippen LogP contribution in [0.25, 0.3) is 0 Å². The van der Waals surface area contributed by atoms with E-state index in [1.807, 2.05) is 31.2 Å². The highest BCUT2D eigenvalue weighted by atomic mass is 16.5. The number of nitrogens with zero attached hydrogens (tertiary/aromatic N) is 2. The highest BCUT2D eigenvalue weighted by Gasteiger charge is 2.10. The van der Waals surface area contributed by atoms with Gasteiger partial charge in [0.1, 0.15) is 17.8 Å². The number of rotatable bonds is 5. The number of ether oxygens (including phenoxy) is 1. The highest BCUT2D eigenvalue weighted by Crippen LogP contribution is 2.17. The number of methoxy groups -OCH3 is 1. The summed E-state index contributed by atoms with van der Waals surface area (Å²) in [5.41, 5.74) is 3.06. The Bertz CT molecular complexity index is 971. The molecule has 1 aromatic heterocycles. The van der Waals surface area contributed by atoms with Crippen molar-refractivity contribution in [1.29, 1.82) is 0 Å². The van der Waals surface area contributed by atoms with Crippen LogP contribution in [0.2, 0.25) is 0 Å². The SMILES string of the molecule is COC(=O)c1cccc(Nc2cc(C(=O)Nc3ccc(C)cc3)ncn2)c1. The molecular formula is C20H18N4O3. The summed E-state index contributed by atoms with van der Waals surface area (Å²) in [6, 6.07) is 15.8. The lowest BCUT2D eigenvalue weighted by molar-refractivity contribution is 0.0600. The van der Waals surface area contributed by atoms with E-state index in [1.54, 1.807) is 24.3 Å². The molecule has 3 rings (SSSR count). The zero-order valence-corrected chi connectivity index (χ0v) is 14.9. The number of esters is 1. The van der Waals surface area contributed by atoms with E-state index in [-0.39, 0.29) is 11.6 Å². The zero-order chi connectivity index (χ0) is 19.2. The summed E-state index contributed by atoms with van der Waals surface area (Å²) in [6.07, 6.45) is 1.30. The molecule has 0 fully saturated rings. The van der Waals surface area contributed by atoms with Crippen LogP contribution in [0.3, 0.4) is 0 Å². The molecule has 7 heteroatoms. The largest absolute Gasteiger partial charge is 0.465 e. The first kappa shape index (κ1) is 18.1. The van der Waals surface area contributed by atoms with Crippen molar-refractivity contribution >= 4 is 29.1 Å². The van der Waals surface area contributed by atoms with E-state index in [9.17, 15) is 9.59 Å². The van der Waals surface area contributed by atoms with Crippen molar-refractivity contribution in [3.8, 4) is 0 Å². The maximum Gasteiger partial charge on any atom is 0.337 e. The molecule has 0 aliphatic heterocycles. The van der Waals surface area contributed by atoms with Crippen molar-refractivity contribution in [1.82, 2.24) is 9.97 Å². The Morgan fingerprint density at radius 3 is 2.48 bits per heavy atom. The molecule has 0 aliphatic rings. The van der Waals surface area contributed by atoms with Crippen molar-refractivity contribution in [2.45, 2.75) is 6.92 Å². The monoisotopic (exact) mass is 362 g/mol. The summed E-state index contributed by atoms with van der Waals surface area (Å²) in [6.45, 7) is 1.98. The highest BCUT2D eigenvalue weighted by molar-refractivity contribution is 6.03. The first-order valence-corrected chi connectivity index (χ1v) is 8.20. The Morgan fingerprint density at radius 2 is 1.74 bits per heavy atom. The van der Waals surface area contributed by atoms with Crippen molar-refractivity contribution in [3.05, 3.63) is 77.7 Å². The maximum atomic E-state index is 12.4. The standard InChI is InChI=1S/C20H18N4O3/c1-13-6-8-15(9-7-13)24-19(25)17-11-18(22-12-21-17)23-16-5-3-4-14(10-16)20(26)27-2/h3-12H,1-2H3,(H,24,25)(H,21,22,23). The molecule has 1 amide bonds. The second kappa shape index (κ2) is 8.09. The average molecular weight is 362 g/mol. The summed E-state index contributed by atoms with van der Waals surface area (Å²) < 4.78 is 4.71. The smallest absolute Gasteiger partial charge is 0.337 e. The molecule has 0 atom stereocenters. The molecule has 0 saturated heterocycles. The molecule has 2 N–H and O–H groups in total. The molecule has 0 bridgehead atoms. The number of aromatic nitrogens is 2. The van der Waals surface area contributed by atoms with Crippen molar-refractivity contribution in [3.63, 3.8) is 0 Å². The second-order valence-electron chi connectivity index (χ2n) is 5.81. The van der Waals surface area contributed by atoms with E-state index in [0.717, 1.165) is 5.56 Å². The van der Waals surface area contributed by atoms with Gasteiger partial charge < -0.3 is 15.4 Å². The van der Waals surface area contributed by atoms with Crippen LogP contribution in [-0.2, 0) is 4.74 Å². The molecule has 27 heavy (non-hydrogen) atoms. The van der Waals surface area contributed by atoms with Gasteiger partial charge in [0, 0.05) is 17.4 Å². The summed E-state index contributed by atoms with van der Waals surface area (Å²) >= 11 is 0. The summed E-state index contributed by atoms with van der Waals surface area (Å²) in [4.78, 5) is 32.2. The minimum absolute atomic E-state index is 0.220. The van der Waals surface area contributed by atoms with Gasteiger partial charge in [0.25, 0.3) is 5.91 Å². The molecule has 0 radical (unpaired) electrons. The Kier molecular flexibility index (Phi) is 5.41. The van der Waals surface area contributed by atoms with Crippen LogP contribution in [0.1, 0.15) is 26.4 Å². The topological polar surface area (TPSA) is 93.2 Å². The van der Waals surface area contributed by atoms with Crippen LogP contribution >= 0.6 is 0 Å². The number of aryl methyl sites for hydroxylation is 1. The predicted octanol–water partition coefficient (Wildman–Crippen LogP) is 3.57.